The maximum absolute atomic E-state index is 10.8. The molecule has 3 nitrogen and oxygen atoms in total. The van der Waals surface area contributed by atoms with Gasteiger partial charge in [0.2, 0.25) is 0 Å². The maximum Gasteiger partial charge on any atom is 0.339 e. The smallest absolute Gasteiger partial charge is 0.339 e. The normalized spacial score (nSPS) is 10.5. The zero-order chi connectivity index (χ0) is 11.3. The van der Waals surface area contributed by atoms with Gasteiger partial charge in [-0.05, 0) is 24.3 Å². The van der Waals surface area contributed by atoms with Crippen molar-refractivity contribution >= 4 is 29.2 Å². The zero-order valence-corrected chi connectivity index (χ0v) is 9.13. The molecule has 0 fully saturated rings. The standard InChI is InChI=1S/C10H8Cl2O3/c11-4-1-5-15-9-6-7(12)2-3-8(9)10(13)14/h1-4,6H,5H2,(H,13,14). The summed E-state index contributed by atoms with van der Waals surface area (Å²) in [7, 11) is 0. The number of carbonyl (C=O) groups is 1. The first-order valence-corrected chi connectivity index (χ1v) is 4.87. The fourth-order valence-electron chi connectivity index (χ4n) is 0.967. The van der Waals surface area contributed by atoms with E-state index in [1.54, 1.807) is 6.08 Å². The Morgan fingerprint density at radius 2 is 2.27 bits per heavy atom. The molecule has 0 saturated carbocycles. The molecule has 0 aromatic heterocycles. The van der Waals surface area contributed by atoms with Crippen molar-refractivity contribution in [2.45, 2.75) is 0 Å². The van der Waals surface area contributed by atoms with Crippen LogP contribution in [-0.4, -0.2) is 17.7 Å². The highest BCUT2D eigenvalue weighted by Crippen LogP contribution is 2.23. The third-order valence-corrected chi connectivity index (χ3v) is 2.01. The van der Waals surface area contributed by atoms with E-state index in [1.165, 1.54) is 23.7 Å². The predicted molar refractivity (Wildman–Crippen MR) is 58.9 cm³/mol. The Hall–Kier alpha value is -1.19. The third-order valence-electron chi connectivity index (χ3n) is 1.60. The molecule has 0 radical (unpaired) electrons. The van der Waals surface area contributed by atoms with Crippen molar-refractivity contribution in [1.82, 2.24) is 0 Å². The van der Waals surface area contributed by atoms with Crippen LogP contribution in [0.25, 0.3) is 0 Å². The van der Waals surface area contributed by atoms with Gasteiger partial charge in [-0.3, -0.25) is 0 Å². The molecule has 0 heterocycles. The van der Waals surface area contributed by atoms with Crippen LogP contribution in [0.3, 0.4) is 0 Å². The fraction of sp³-hybridized carbons (Fsp3) is 0.100. The summed E-state index contributed by atoms with van der Waals surface area (Å²) in [6.07, 6.45) is 1.55. The second kappa shape index (κ2) is 5.63. The van der Waals surface area contributed by atoms with Crippen LogP contribution in [0.1, 0.15) is 10.4 Å². The summed E-state index contributed by atoms with van der Waals surface area (Å²) >= 11 is 11.0. The largest absolute Gasteiger partial charge is 0.489 e. The first-order valence-electron chi connectivity index (χ1n) is 4.06. The summed E-state index contributed by atoms with van der Waals surface area (Å²) < 4.78 is 5.18. The highest BCUT2D eigenvalue weighted by atomic mass is 35.5. The number of carboxylic acid groups (broad SMARTS) is 1. The summed E-state index contributed by atoms with van der Waals surface area (Å²) in [5.74, 6) is -0.832. The average Bonchev–Trinajstić information content (AvgIpc) is 2.18. The molecule has 0 aliphatic heterocycles. The van der Waals surface area contributed by atoms with Crippen molar-refractivity contribution in [2.24, 2.45) is 0 Å². The van der Waals surface area contributed by atoms with Gasteiger partial charge in [-0.25, -0.2) is 4.79 Å². The minimum absolute atomic E-state index is 0.0716. The summed E-state index contributed by atoms with van der Waals surface area (Å²) in [5.41, 5.74) is 1.37. The van der Waals surface area contributed by atoms with Gasteiger partial charge < -0.3 is 9.84 Å². The molecule has 1 aromatic rings. The molecule has 1 rings (SSSR count). The monoisotopic (exact) mass is 246 g/mol. The molecule has 0 unspecified atom stereocenters. The molecule has 0 aliphatic carbocycles. The maximum atomic E-state index is 10.8. The van der Waals surface area contributed by atoms with Crippen LogP contribution in [0, 0.1) is 0 Å². The van der Waals surface area contributed by atoms with Crippen LogP contribution in [0.5, 0.6) is 5.75 Å². The Morgan fingerprint density at radius 3 is 2.87 bits per heavy atom. The number of hydrogen-bond donors (Lipinski definition) is 1. The lowest BCUT2D eigenvalue weighted by Crippen LogP contribution is -2.02. The van der Waals surface area contributed by atoms with Crippen molar-refractivity contribution in [3.05, 3.63) is 40.4 Å². The van der Waals surface area contributed by atoms with E-state index in [9.17, 15) is 4.79 Å². The van der Waals surface area contributed by atoms with Crippen molar-refractivity contribution in [3.63, 3.8) is 0 Å². The first kappa shape index (κ1) is 11.9. The Labute approximate surface area is 96.9 Å². The van der Waals surface area contributed by atoms with Crippen molar-refractivity contribution in [2.75, 3.05) is 6.61 Å². The molecule has 0 atom stereocenters. The fourth-order valence-corrected chi connectivity index (χ4v) is 1.20. The van der Waals surface area contributed by atoms with Gasteiger partial charge in [0.15, 0.2) is 0 Å². The van der Waals surface area contributed by atoms with E-state index < -0.39 is 5.97 Å². The van der Waals surface area contributed by atoms with E-state index in [2.05, 4.69) is 0 Å². The van der Waals surface area contributed by atoms with E-state index in [-0.39, 0.29) is 17.9 Å². The highest BCUT2D eigenvalue weighted by Gasteiger charge is 2.10. The second-order valence-corrected chi connectivity index (χ2v) is 3.31. The number of aromatic carboxylic acids is 1. The molecule has 1 N–H and O–H groups in total. The van der Waals surface area contributed by atoms with E-state index in [4.69, 9.17) is 33.0 Å². The molecule has 0 bridgehead atoms. The Kier molecular flexibility index (Phi) is 4.46. The van der Waals surface area contributed by atoms with Crippen molar-refractivity contribution < 1.29 is 14.6 Å². The Bertz CT molecular complexity index is 388. The molecule has 5 heteroatoms. The third kappa shape index (κ3) is 3.46. The Morgan fingerprint density at radius 1 is 1.53 bits per heavy atom. The van der Waals surface area contributed by atoms with Gasteiger partial charge in [-0.2, -0.15) is 0 Å². The van der Waals surface area contributed by atoms with E-state index in [0.29, 0.717) is 5.02 Å². The SMILES string of the molecule is O=C(O)c1ccc(Cl)cc1OCC=CCl. The minimum atomic E-state index is -1.06. The van der Waals surface area contributed by atoms with Crippen LogP contribution >= 0.6 is 23.2 Å². The minimum Gasteiger partial charge on any atom is -0.489 e. The zero-order valence-electron chi connectivity index (χ0n) is 7.61. The molecule has 0 aliphatic rings. The lowest BCUT2D eigenvalue weighted by molar-refractivity contribution is 0.0693. The summed E-state index contributed by atoms with van der Waals surface area (Å²) in [4.78, 5) is 10.8. The first-order chi connectivity index (χ1) is 7.15. The number of hydrogen-bond acceptors (Lipinski definition) is 2. The molecule has 15 heavy (non-hydrogen) atoms. The van der Waals surface area contributed by atoms with Gasteiger partial charge in [0.1, 0.15) is 17.9 Å². The van der Waals surface area contributed by atoms with E-state index in [1.807, 2.05) is 0 Å². The number of ether oxygens (including phenoxy) is 1. The van der Waals surface area contributed by atoms with Crippen LogP contribution in [0.2, 0.25) is 5.02 Å². The van der Waals surface area contributed by atoms with Gasteiger partial charge in [0, 0.05) is 10.6 Å². The van der Waals surface area contributed by atoms with Gasteiger partial charge in [-0.1, -0.05) is 23.2 Å². The number of rotatable bonds is 4. The van der Waals surface area contributed by atoms with E-state index in [0.717, 1.165) is 0 Å². The molecular weight excluding hydrogens is 239 g/mol. The summed E-state index contributed by atoms with van der Waals surface area (Å²) in [5, 5.41) is 9.27. The number of carboxylic acids is 1. The molecule has 0 saturated heterocycles. The van der Waals surface area contributed by atoms with Crippen molar-refractivity contribution in [1.29, 1.82) is 0 Å². The number of halogens is 2. The topological polar surface area (TPSA) is 46.5 Å². The van der Waals surface area contributed by atoms with Gasteiger partial charge in [-0.15, -0.1) is 0 Å². The quantitative estimate of drug-likeness (QED) is 0.888. The van der Waals surface area contributed by atoms with Gasteiger partial charge in [0.05, 0.1) is 0 Å². The lowest BCUT2D eigenvalue weighted by atomic mass is 10.2. The van der Waals surface area contributed by atoms with Crippen LogP contribution in [0.4, 0.5) is 0 Å². The molecule has 1 aromatic carbocycles. The molecular formula is C10H8Cl2O3. The van der Waals surface area contributed by atoms with Crippen LogP contribution in [-0.2, 0) is 0 Å². The average molecular weight is 247 g/mol. The summed E-state index contributed by atoms with van der Waals surface area (Å²) in [6.45, 7) is 0.199. The van der Waals surface area contributed by atoms with Gasteiger partial charge >= 0.3 is 5.97 Å². The molecule has 0 spiro atoms. The van der Waals surface area contributed by atoms with Crippen LogP contribution < -0.4 is 4.74 Å². The lowest BCUT2D eigenvalue weighted by Gasteiger charge is -2.06. The van der Waals surface area contributed by atoms with Crippen molar-refractivity contribution in [3.8, 4) is 5.75 Å². The molecule has 0 amide bonds. The highest BCUT2D eigenvalue weighted by molar-refractivity contribution is 6.30. The van der Waals surface area contributed by atoms with Gasteiger partial charge in [0.25, 0.3) is 0 Å². The Balaban J connectivity index is 2.91. The second-order valence-electron chi connectivity index (χ2n) is 2.62. The predicted octanol–water partition coefficient (Wildman–Crippen LogP) is 3.17. The molecule has 80 valence electrons. The van der Waals surface area contributed by atoms with Crippen LogP contribution in [0.15, 0.2) is 29.8 Å². The number of benzene rings is 1. The van der Waals surface area contributed by atoms with E-state index >= 15 is 0 Å². The summed E-state index contributed by atoms with van der Waals surface area (Å²) in [6, 6.07) is 4.34.